The third kappa shape index (κ3) is 3.22. The van der Waals surface area contributed by atoms with Gasteiger partial charge in [-0.3, -0.25) is 4.79 Å². The molecule has 0 aliphatic carbocycles. The van der Waals surface area contributed by atoms with Gasteiger partial charge >= 0.3 is 0 Å². The van der Waals surface area contributed by atoms with E-state index in [9.17, 15) is 4.79 Å². The number of fused-ring (bicyclic) bond motifs is 1. The lowest BCUT2D eigenvalue weighted by Gasteiger charge is -2.07. The van der Waals surface area contributed by atoms with Crippen LogP contribution in [0.3, 0.4) is 0 Å². The fourth-order valence-corrected chi connectivity index (χ4v) is 3.96. The van der Waals surface area contributed by atoms with Crippen LogP contribution in [0.2, 0.25) is 0 Å². The van der Waals surface area contributed by atoms with Crippen molar-refractivity contribution in [2.24, 2.45) is 0 Å². The quantitative estimate of drug-likeness (QED) is 0.484. The molecule has 2 heterocycles. The summed E-state index contributed by atoms with van der Waals surface area (Å²) in [4.78, 5) is 17.7. The van der Waals surface area contributed by atoms with Crippen molar-refractivity contribution in [2.45, 2.75) is 0 Å². The minimum Gasteiger partial charge on any atom is -0.493 e. The second-order valence-electron chi connectivity index (χ2n) is 5.64. The highest BCUT2D eigenvalue weighted by Crippen LogP contribution is 2.31. The van der Waals surface area contributed by atoms with E-state index in [1.54, 1.807) is 26.4 Å². The molecule has 27 heavy (non-hydrogen) atoms. The number of halogens is 1. The molecule has 0 aliphatic rings. The second-order valence-corrected chi connectivity index (χ2v) is 7.50. The first-order valence-electron chi connectivity index (χ1n) is 7.99. The SMILES string of the molecule is COc1ccc(-c2nc3s/c(=C\c4ccccc4Br)c(=O)n3n2)cc1OC. The Bertz CT molecular complexity index is 1250. The highest BCUT2D eigenvalue weighted by molar-refractivity contribution is 9.10. The Morgan fingerprint density at radius 1 is 1.11 bits per heavy atom. The average molecular weight is 444 g/mol. The first-order chi connectivity index (χ1) is 13.1. The smallest absolute Gasteiger partial charge is 0.291 e. The van der Waals surface area contributed by atoms with Crippen LogP contribution in [0.5, 0.6) is 11.5 Å². The molecule has 0 radical (unpaired) electrons. The monoisotopic (exact) mass is 443 g/mol. The normalized spacial score (nSPS) is 11.9. The molecular weight excluding hydrogens is 430 g/mol. The van der Waals surface area contributed by atoms with E-state index in [1.165, 1.54) is 15.9 Å². The number of aromatic nitrogens is 3. The Morgan fingerprint density at radius 3 is 2.59 bits per heavy atom. The van der Waals surface area contributed by atoms with Gasteiger partial charge < -0.3 is 9.47 Å². The number of thiazole rings is 1. The highest BCUT2D eigenvalue weighted by Gasteiger charge is 2.14. The van der Waals surface area contributed by atoms with Gasteiger partial charge in [0.2, 0.25) is 4.96 Å². The number of benzene rings is 2. The molecule has 0 saturated carbocycles. The summed E-state index contributed by atoms with van der Waals surface area (Å²) < 4.78 is 13.4. The largest absolute Gasteiger partial charge is 0.493 e. The van der Waals surface area contributed by atoms with E-state index in [-0.39, 0.29) is 5.56 Å². The third-order valence-corrected chi connectivity index (χ3v) is 5.70. The van der Waals surface area contributed by atoms with Gasteiger partial charge in [0, 0.05) is 10.0 Å². The summed E-state index contributed by atoms with van der Waals surface area (Å²) in [6.07, 6.45) is 1.84. The Morgan fingerprint density at radius 2 is 1.89 bits per heavy atom. The molecule has 4 rings (SSSR count). The Hall–Kier alpha value is -2.71. The van der Waals surface area contributed by atoms with E-state index in [2.05, 4.69) is 26.0 Å². The van der Waals surface area contributed by atoms with Crippen molar-refractivity contribution < 1.29 is 9.47 Å². The van der Waals surface area contributed by atoms with E-state index >= 15 is 0 Å². The van der Waals surface area contributed by atoms with Crippen molar-refractivity contribution in [3.8, 4) is 22.9 Å². The minimum absolute atomic E-state index is 0.190. The van der Waals surface area contributed by atoms with Crippen LogP contribution in [0, 0.1) is 0 Å². The van der Waals surface area contributed by atoms with Gasteiger partial charge in [-0.15, -0.1) is 5.10 Å². The lowest BCUT2D eigenvalue weighted by molar-refractivity contribution is 0.355. The summed E-state index contributed by atoms with van der Waals surface area (Å²) in [5, 5.41) is 4.37. The number of rotatable bonds is 4. The van der Waals surface area contributed by atoms with Gasteiger partial charge in [0.1, 0.15) is 0 Å². The number of hydrogen-bond donors (Lipinski definition) is 0. The molecule has 0 fully saturated rings. The summed E-state index contributed by atoms with van der Waals surface area (Å²) >= 11 is 4.80. The van der Waals surface area contributed by atoms with E-state index in [4.69, 9.17) is 9.47 Å². The topological polar surface area (TPSA) is 65.7 Å². The molecule has 136 valence electrons. The van der Waals surface area contributed by atoms with Gasteiger partial charge in [0.15, 0.2) is 17.3 Å². The predicted octanol–water partition coefficient (Wildman–Crippen LogP) is 3.15. The number of methoxy groups -OCH3 is 2. The molecular formula is C19H14BrN3O3S. The standard InChI is InChI=1S/C19H14BrN3O3S/c1-25-14-8-7-12(9-15(14)26-2)17-21-19-23(22-17)18(24)16(27-19)10-11-5-3-4-6-13(11)20/h3-10H,1-2H3/b16-10-. The number of hydrogen-bond acceptors (Lipinski definition) is 6. The maximum atomic E-state index is 12.7. The van der Waals surface area contributed by atoms with Crippen molar-refractivity contribution >= 4 is 38.3 Å². The molecule has 0 N–H and O–H groups in total. The molecule has 0 saturated heterocycles. The van der Waals surface area contributed by atoms with Crippen LogP contribution in [-0.4, -0.2) is 28.8 Å². The van der Waals surface area contributed by atoms with Crippen molar-refractivity contribution in [3.05, 3.63) is 67.4 Å². The molecule has 0 atom stereocenters. The lowest BCUT2D eigenvalue weighted by atomic mass is 10.2. The first-order valence-corrected chi connectivity index (χ1v) is 9.60. The highest BCUT2D eigenvalue weighted by atomic mass is 79.9. The maximum Gasteiger partial charge on any atom is 0.291 e. The van der Waals surface area contributed by atoms with Crippen LogP contribution in [0.15, 0.2) is 51.7 Å². The lowest BCUT2D eigenvalue weighted by Crippen LogP contribution is -2.23. The molecule has 6 nitrogen and oxygen atoms in total. The molecule has 0 amide bonds. The van der Waals surface area contributed by atoms with Crippen molar-refractivity contribution in [3.63, 3.8) is 0 Å². The minimum atomic E-state index is -0.190. The fraction of sp³-hybridized carbons (Fsp3) is 0.105. The molecule has 0 unspecified atom stereocenters. The second kappa shape index (κ2) is 7.13. The Labute approximate surface area is 166 Å². The van der Waals surface area contributed by atoms with Gasteiger partial charge in [-0.05, 0) is 35.9 Å². The molecule has 2 aromatic heterocycles. The van der Waals surface area contributed by atoms with E-state index < -0.39 is 0 Å². The average Bonchev–Trinajstić information content (AvgIpc) is 3.23. The molecule has 8 heteroatoms. The van der Waals surface area contributed by atoms with E-state index in [1.807, 2.05) is 36.4 Å². The number of nitrogens with zero attached hydrogens (tertiary/aromatic N) is 3. The van der Waals surface area contributed by atoms with Crippen molar-refractivity contribution in [2.75, 3.05) is 14.2 Å². The predicted molar refractivity (Wildman–Crippen MR) is 109 cm³/mol. The van der Waals surface area contributed by atoms with Crippen LogP contribution in [0.25, 0.3) is 22.4 Å². The van der Waals surface area contributed by atoms with Crippen molar-refractivity contribution in [1.29, 1.82) is 0 Å². The summed E-state index contributed by atoms with van der Waals surface area (Å²) in [6.45, 7) is 0. The number of ether oxygens (including phenoxy) is 2. The summed E-state index contributed by atoms with van der Waals surface area (Å²) in [5.74, 6) is 1.67. The van der Waals surface area contributed by atoms with Gasteiger partial charge in [-0.1, -0.05) is 45.5 Å². The van der Waals surface area contributed by atoms with Crippen LogP contribution in [0.1, 0.15) is 5.56 Å². The molecule has 0 aliphatic heterocycles. The van der Waals surface area contributed by atoms with Gasteiger partial charge in [0.05, 0.1) is 18.8 Å². The van der Waals surface area contributed by atoms with Crippen LogP contribution < -0.4 is 19.6 Å². The molecule has 0 bridgehead atoms. The van der Waals surface area contributed by atoms with Crippen molar-refractivity contribution in [1.82, 2.24) is 14.6 Å². The van der Waals surface area contributed by atoms with E-state index in [0.717, 1.165) is 15.6 Å². The zero-order chi connectivity index (χ0) is 19.0. The summed E-state index contributed by atoms with van der Waals surface area (Å²) in [5.41, 5.74) is 1.49. The third-order valence-electron chi connectivity index (χ3n) is 4.02. The first kappa shape index (κ1) is 17.7. The van der Waals surface area contributed by atoms with Gasteiger partial charge in [-0.25, -0.2) is 0 Å². The van der Waals surface area contributed by atoms with Gasteiger partial charge in [0.25, 0.3) is 5.56 Å². The van der Waals surface area contributed by atoms with Crippen LogP contribution in [-0.2, 0) is 0 Å². The zero-order valence-electron chi connectivity index (χ0n) is 14.5. The van der Waals surface area contributed by atoms with E-state index in [0.29, 0.717) is 26.8 Å². The fourth-order valence-electron chi connectivity index (χ4n) is 2.66. The Balaban J connectivity index is 1.80. The Kier molecular flexibility index (Phi) is 4.67. The van der Waals surface area contributed by atoms with Crippen LogP contribution >= 0.6 is 27.3 Å². The van der Waals surface area contributed by atoms with Gasteiger partial charge in [-0.2, -0.15) is 9.50 Å². The molecule has 4 aromatic rings. The molecule has 2 aromatic carbocycles. The zero-order valence-corrected chi connectivity index (χ0v) is 16.9. The molecule has 0 spiro atoms. The summed E-state index contributed by atoms with van der Waals surface area (Å²) in [7, 11) is 3.15. The van der Waals surface area contributed by atoms with Crippen LogP contribution in [0.4, 0.5) is 0 Å². The maximum absolute atomic E-state index is 12.7. The summed E-state index contributed by atoms with van der Waals surface area (Å²) in [6, 6.07) is 13.1.